The smallest absolute Gasteiger partial charge is 0.259 e. The minimum absolute atomic E-state index is 0.0165. The van der Waals surface area contributed by atoms with Crippen molar-refractivity contribution >= 4 is 21.6 Å². The van der Waals surface area contributed by atoms with E-state index in [1.807, 2.05) is 13.8 Å². The van der Waals surface area contributed by atoms with Gasteiger partial charge in [-0.15, -0.1) is 11.3 Å². The summed E-state index contributed by atoms with van der Waals surface area (Å²) in [6, 6.07) is 0.493. The van der Waals surface area contributed by atoms with Gasteiger partial charge in [0.2, 0.25) is 0 Å². The fraction of sp³-hybridized carbons (Fsp3) is 0.600. The maximum atomic E-state index is 12.2. The first-order valence-corrected chi connectivity index (χ1v) is 8.10. The summed E-state index contributed by atoms with van der Waals surface area (Å²) in [6.07, 6.45) is 3.41. The number of fused-ring (bicyclic) bond motifs is 1. The normalized spacial score (nSPS) is 13.0. The minimum atomic E-state index is -0.0165. The fourth-order valence-corrected chi connectivity index (χ4v) is 3.47. The number of aromatic amines is 1. The summed E-state index contributed by atoms with van der Waals surface area (Å²) in [5.41, 5.74) is 1.04. The summed E-state index contributed by atoms with van der Waals surface area (Å²) < 4.78 is 0. The zero-order valence-corrected chi connectivity index (χ0v) is 13.5. The highest BCUT2D eigenvalue weighted by Crippen LogP contribution is 2.25. The van der Waals surface area contributed by atoms with Crippen molar-refractivity contribution in [3.8, 4) is 0 Å². The molecule has 20 heavy (non-hydrogen) atoms. The molecular weight excluding hydrogens is 270 g/mol. The van der Waals surface area contributed by atoms with E-state index >= 15 is 0 Å². The van der Waals surface area contributed by atoms with Crippen LogP contribution in [-0.2, 0) is 6.54 Å². The minimum Gasteiger partial charge on any atom is -0.309 e. The number of nitrogens with zero attached hydrogens (tertiary/aromatic N) is 1. The third-order valence-corrected chi connectivity index (χ3v) is 4.88. The molecular formula is C15H23N3OS. The van der Waals surface area contributed by atoms with Gasteiger partial charge in [-0.3, -0.25) is 4.79 Å². The second-order valence-electron chi connectivity index (χ2n) is 5.25. The number of aryl methyl sites for hydroxylation is 2. The van der Waals surface area contributed by atoms with Crippen LogP contribution < -0.4 is 10.9 Å². The van der Waals surface area contributed by atoms with Crippen LogP contribution in [0.3, 0.4) is 0 Å². The van der Waals surface area contributed by atoms with Gasteiger partial charge in [0.05, 0.1) is 11.9 Å². The number of H-pyrrole nitrogens is 1. The molecule has 2 aromatic rings. The van der Waals surface area contributed by atoms with Gasteiger partial charge in [0.15, 0.2) is 0 Å². The van der Waals surface area contributed by atoms with Crippen LogP contribution in [-0.4, -0.2) is 16.0 Å². The van der Waals surface area contributed by atoms with Crippen molar-refractivity contribution in [2.24, 2.45) is 0 Å². The van der Waals surface area contributed by atoms with Crippen LogP contribution in [0.15, 0.2) is 4.79 Å². The Morgan fingerprint density at radius 3 is 2.75 bits per heavy atom. The highest BCUT2D eigenvalue weighted by atomic mass is 32.1. The molecule has 0 saturated heterocycles. The molecule has 0 aromatic carbocycles. The Labute approximate surface area is 123 Å². The lowest BCUT2D eigenvalue weighted by Crippen LogP contribution is -2.29. The Hall–Kier alpha value is -1.20. The molecule has 0 radical (unpaired) electrons. The highest BCUT2D eigenvalue weighted by Gasteiger charge is 2.12. The third-order valence-electron chi connectivity index (χ3n) is 3.78. The zero-order valence-electron chi connectivity index (χ0n) is 12.7. The fourth-order valence-electron chi connectivity index (χ4n) is 2.42. The summed E-state index contributed by atoms with van der Waals surface area (Å²) in [6.45, 7) is 9.01. The van der Waals surface area contributed by atoms with Gasteiger partial charge in [0.1, 0.15) is 10.7 Å². The van der Waals surface area contributed by atoms with Crippen molar-refractivity contribution in [1.29, 1.82) is 0 Å². The quantitative estimate of drug-likeness (QED) is 0.859. The van der Waals surface area contributed by atoms with E-state index in [2.05, 4.69) is 29.1 Å². The predicted octanol–water partition coefficient (Wildman–Crippen LogP) is 3.27. The molecule has 2 N–H and O–H groups in total. The van der Waals surface area contributed by atoms with E-state index in [4.69, 9.17) is 0 Å². The topological polar surface area (TPSA) is 57.8 Å². The van der Waals surface area contributed by atoms with Crippen molar-refractivity contribution in [3.63, 3.8) is 0 Å². The maximum absolute atomic E-state index is 12.2. The van der Waals surface area contributed by atoms with Gasteiger partial charge >= 0.3 is 0 Å². The molecule has 2 rings (SSSR count). The summed E-state index contributed by atoms with van der Waals surface area (Å²) in [5.74, 6) is 0.735. The monoisotopic (exact) mass is 293 g/mol. The van der Waals surface area contributed by atoms with E-state index in [0.29, 0.717) is 12.6 Å². The second-order valence-corrected chi connectivity index (χ2v) is 6.45. The third kappa shape index (κ3) is 3.10. The van der Waals surface area contributed by atoms with Crippen LogP contribution in [0, 0.1) is 13.8 Å². The lowest BCUT2D eigenvalue weighted by molar-refractivity contribution is 0.456. The van der Waals surface area contributed by atoms with Gasteiger partial charge in [-0.05, 0) is 32.3 Å². The van der Waals surface area contributed by atoms with Gasteiger partial charge in [-0.1, -0.05) is 20.3 Å². The predicted molar refractivity (Wildman–Crippen MR) is 85.5 cm³/mol. The zero-order chi connectivity index (χ0) is 14.7. The highest BCUT2D eigenvalue weighted by molar-refractivity contribution is 7.18. The first kappa shape index (κ1) is 15.2. The second kappa shape index (κ2) is 6.50. The van der Waals surface area contributed by atoms with E-state index in [1.165, 1.54) is 4.88 Å². The van der Waals surface area contributed by atoms with Crippen LogP contribution in [0.2, 0.25) is 0 Å². The molecule has 0 aliphatic rings. The Bertz CT molecular complexity index is 644. The van der Waals surface area contributed by atoms with Gasteiger partial charge in [0.25, 0.3) is 5.56 Å². The number of aromatic nitrogens is 2. The average Bonchev–Trinajstić information content (AvgIpc) is 2.70. The molecule has 110 valence electrons. The Morgan fingerprint density at radius 2 is 2.10 bits per heavy atom. The first-order chi connectivity index (χ1) is 9.56. The van der Waals surface area contributed by atoms with Crippen molar-refractivity contribution in [1.82, 2.24) is 15.3 Å². The first-order valence-electron chi connectivity index (χ1n) is 7.29. The number of thiophene rings is 1. The molecule has 0 fully saturated rings. The van der Waals surface area contributed by atoms with Crippen molar-refractivity contribution in [2.45, 2.75) is 59.5 Å². The van der Waals surface area contributed by atoms with Gasteiger partial charge in [-0.25, -0.2) is 4.98 Å². The number of hydrogen-bond acceptors (Lipinski definition) is 4. The Morgan fingerprint density at radius 1 is 1.35 bits per heavy atom. The van der Waals surface area contributed by atoms with Gasteiger partial charge in [0, 0.05) is 10.9 Å². The van der Waals surface area contributed by atoms with Gasteiger partial charge in [-0.2, -0.15) is 0 Å². The maximum Gasteiger partial charge on any atom is 0.259 e. The van der Waals surface area contributed by atoms with E-state index in [0.717, 1.165) is 40.9 Å². The van der Waals surface area contributed by atoms with E-state index in [-0.39, 0.29) is 5.56 Å². The molecule has 0 aliphatic heterocycles. The molecule has 2 heterocycles. The van der Waals surface area contributed by atoms with Crippen molar-refractivity contribution < 1.29 is 0 Å². The van der Waals surface area contributed by atoms with Crippen LogP contribution in [0.4, 0.5) is 0 Å². The molecule has 5 heteroatoms. The molecule has 1 unspecified atom stereocenters. The van der Waals surface area contributed by atoms with Gasteiger partial charge < -0.3 is 10.3 Å². The molecule has 4 nitrogen and oxygen atoms in total. The van der Waals surface area contributed by atoms with Crippen molar-refractivity contribution in [3.05, 3.63) is 26.6 Å². The molecule has 0 bridgehead atoms. The lowest BCUT2D eigenvalue weighted by Gasteiger charge is -2.15. The average molecular weight is 293 g/mol. The SMILES string of the molecule is CCCC(CC)NCc1nc2sc(C)c(C)c2c(=O)[nH]1. The van der Waals surface area contributed by atoms with Crippen LogP contribution in [0.1, 0.15) is 49.4 Å². The lowest BCUT2D eigenvalue weighted by atomic mass is 10.1. The molecule has 0 spiro atoms. The molecule has 2 aromatic heterocycles. The largest absolute Gasteiger partial charge is 0.309 e. The van der Waals surface area contributed by atoms with Crippen LogP contribution >= 0.6 is 11.3 Å². The summed E-state index contributed by atoms with van der Waals surface area (Å²) in [5, 5.41) is 4.22. The van der Waals surface area contributed by atoms with E-state index in [9.17, 15) is 4.79 Å². The summed E-state index contributed by atoms with van der Waals surface area (Å²) >= 11 is 1.60. The molecule has 0 aliphatic carbocycles. The molecule has 0 saturated carbocycles. The van der Waals surface area contributed by atoms with Crippen molar-refractivity contribution in [2.75, 3.05) is 0 Å². The van der Waals surface area contributed by atoms with E-state index < -0.39 is 0 Å². The molecule has 1 atom stereocenters. The van der Waals surface area contributed by atoms with Crippen LogP contribution in [0.5, 0.6) is 0 Å². The standard InChI is InChI=1S/C15H23N3OS/c1-5-7-11(6-2)16-8-12-17-14(19)13-9(3)10(4)20-15(13)18-12/h11,16H,5-8H2,1-4H3,(H,17,18,19). The number of rotatable bonds is 6. The number of nitrogens with one attached hydrogen (secondary N) is 2. The molecule has 0 amide bonds. The number of hydrogen-bond donors (Lipinski definition) is 2. The summed E-state index contributed by atoms with van der Waals surface area (Å²) in [7, 11) is 0. The summed E-state index contributed by atoms with van der Waals surface area (Å²) in [4.78, 5) is 21.7. The Balaban J connectivity index is 2.22. The van der Waals surface area contributed by atoms with E-state index in [1.54, 1.807) is 11.3 Å². The van der Waals surface area contributed by atoms with Crippen LogP contribution in [0.25, 0.3) is 10.2 Å². The Kier molecular flexibility index (Phi) is 4.94.